The standard InChI is InChI=1S/C18H14BrN3/c1-12-4-3-5-16(20-12)11-8-14-6-9-15(10-7-14)18-17(19)13(2)21-22-18/h3-7,9-10H,1-2H3,(H,21,22). The van der Waals surface area contributed by atoms with Crippen molar-refractivity contribution in [3.05, 3.63) is 69.6 Å². The molecule has 0 bridgehead atoms. The van der Waals surface area contributed by atoms with Gasteiger partial charge in [0.15, 0.2) is 0 Å². The third-order valence-corrected chi connectivity index (χ3v) is 4.22. The van der Waals surface area contributed by atoms with Crippen LogP contribution in [0, 0.1) is 25.7 Å². The van der Waals surface area contributed by atoms with Crippen molar-refractivity contribution in [3.63, 3.8) is 0 Å². The van der Waals surface area contributed by atoms with Gasteiger partial charge in [0.05, 0.1) is 4.47 Å². The van der Waals surface area contributed by atoms with Gasteiger partial charge in [-0.05, 0) is 60.0 Å². The van der Waals surface area contributed by atoms with Gasteiger partial charge in [0.1, 0.15) is 11.4 Å². The van der Waals surface area contributed by atoms with Crippen LogP contribution < -0.4 is 0 Å². The number of H-pyrrole nitrogens is 1. The average Bonchev–Trinajstić information content (AvgIpc) is 2.86. The van der Waals surface area contributed by atoms with Crippen molar-refractivity contribution in [3.8, 4) is 23.1 Å². The summed E-state index contributed by atoms with van der Waals surface area (Å²) in [7, 11) is 0. The number of halogens is 1. The third-order valence-electron chi connectivity index (χ3n) is 3.25. The molecule has 0 spiro atoms. The summed E-state index contributed by atoms with van der Waals surface area (Å²) in [6.45, 7) is 3.94. The summed E-state index contributed by atoms with van der Waals surface area (Å²) in [5.74, 6) is 6.22. The maximum atomic E-state index is 4.37. The third kappa shape index (κ3) is 3.10. The molecule has 0 aliphatic carbocycles. The van der Waals surface area contributed by atoms with E-state index in [9.17, 15) is 0 Å². The lowest BCUT2D eigenvalue weighted by Gasteiger charge is -1.98. The highest BCUT2D eigenvalue weighted by Crippen LogP contribution is 2.28. The quantitative estimate of drug-likeness (QED) is 0.665. The van der Waals surface area contributed by atoms with Crippen molar-refractivity contribution >= 4 is 15.9 Å². The second-order valence-electron chi connectivity index (χ2n) is 5.00. The molecule has 1 N–H and O–H groups in total. The Morgan fingerprint density at radius 2 is 1.77 bits per heavy atom. The average molecular weight is 352 g/mol. The summed E-state index contributed by atoms with van der Waals surface area (Å²) in [5.41, 5.74) is 5.70. The fourth-order valence-corrected chi connectivity index (χ4v) is 2.47. The summed E-state index contributed by atoms with van der Waals surface area (Å²) in [6, 6.07) is 13.9. The molecule has 0 amide bonds. The first-order valence-electron chi connectivity index (χ1n) is 6.90. The molecule has 0 aliphatic heterocycles. The lowest BCUT2D eigenvalue weighted by Crippen LogP contribution is -1.85. The zero-order valence-electron chi connectivity index (χ0n) is 12.3. The Bertz CT molecular complexity index is 867. The Balaban J connectivity index is 1.85. The van der Waals surface area contributed by atoms with Crippen LogP contribution in [0.3, 0.4) is 0 Å². The SMILES string of the molecule is Cc1cccc(C#Cc2ccc(-c3n[nH]c(C)c3Br)cc2)n1. The van der Waals surface area contributed by atoms with E-state index in [0.29, 0.717) is 0 Å². The van der Waals surface area contributed by atoms with E-state index in [4.69, 9.17) is 0 Å². The minimum Gasteiger partial charge on any atom is -0.281 e. The number of rotatable bonds is 1. The van der Waals surface area contributed by atoms with E-state index in [1.165, 1.54) is 0 Å². The number of nitrogens with zero attached hydrogens (tertiary/aromatic N) is 2. The maximum Gasteiger partial charge on any atom is 0.113 e. The van der Waals surface area contributed by atoms with Gasteiger partial charge in [-0.25, -0.2) is 4.98 Å². The normalized spacial score (nSPS) is 10.1. The molecule has 0 fully saturated rings. The van der Waals surface area contributed by atoms with Crippen molar-refractivity contribution in [2.45, 2.75) is 13.8 Å². The van der Waals surface area contributed by atoms with Crippen LogP contribution in [0.2, 0.25) is 0 Å². The fraction of sp³-hybridized carbons (Fsp3) is 0.111. The van der Waals surface area contributed by atoms with Crippen LogP contribution in [0.1, 0.15) is 22.6 Å². The highest BCUT2D eigenvalue weighted by atomic mass is 79.9. The van der Waals surface area contributed by atoms with E-state index in [-0.39, 0.29) is 0 Å². The van der Waals surface area contributed by atoms with Crippen LogP contribution >= 0.6 is 15.9 Å². The van der Waals surface area contributed by atoms with Gasteiger partial charge in [-0.15, -0.1) is 0 Å². The first-order chi connectivity index (χ1) is 10.6. The van der Waals surface area contributed by atoms with E-state index in [1.54, 1.807) is 0 Å². The molecule has 0 aliphatic rings. The van der Waals surface area contributed by atoms with Crippen molar-refractivity contribution in [1.29, 1.82) is 0 Å². The van der Waals surface area contributed by atoms with Crippen LogP contribution in [0.5, 0.6) is 0 Å². The van der Waals surface area contributed by atoms with Crippen LogP contribution in [0.4, 0.5) is 0 Å². The van der Waals surface area contributed by atoms with Crippen molar-refractivity contribution in [2.75, 3.05) is 0 Å². The zero-order chi connectivity index (χ0) is 15.5. The minimum absolute atomic E-state index is 0.787. The van der Waals surface area contributed by atoms with E-state index in [1.807, 2.05) is 56.3 Å². The van der Waals surface area contributed by atoms with Crippen LogP contribution in [0.25, 0.3) is 11.3 Å². The summed E-state index contributed by atoms with van der Waals surface area (Å²) in [4.78, 5) is 4.37. The van der Waals surface area contributed by atoms with E-state index in [0.717, 1.165) is 38.4 Å². The molecule has 0 radical (unpaired) electrons. The lowest BCUT2D eigenvalue weighted by molar-refractivity contribution is 1.05. The van der Waals surface area contributed by atoms with Crippen LogP contribution in [0.15, 0.2) is 46.9 Å². The minimum atomic E-state index is 0.787. The van der Waals surface area contributed by atoms with E-state index >= 15 is 0 Å². The lowest BCUT2D eigenvalue weighted by atomic mass is 10.1. The Labute approximate surface area is 137 Å². The van der Waals surface area contributed by atoms with Crippen LogP contribution in [-0.2, 0) is 0 Å². The van der Waals surface area contributed by atoms with E-state index < -0.39 is 0 Å². The number of aryl methyl sites for hydroxylation is 2. The second-order valence-corrected chi connectivity index (χ2v) is 5.80. The number of pyridine rings is 1. The molecule has 3 aromatic rings. The molecule has 0 unspecified atom stereocenters. The molecule has 4 heteroatoms. The molecule has 0 saturated heterocycles. The Morgan fingerprint density at radius 3 is 2.41 bits per heavy atom. The highest BCUT2D eigenvalue weighted by Gasteiger charge is 2.08. The molecule has 0 saturated carbocycles. The maximum absolute atomic E-state index is 4.37. The second kappa shape index (κ2) is 6.17. The van der Waals surface area contributed by atoms with Crippen molar-refractivity contribution < 1.29 is 0 Å². The Hall–Kier alpha value is -2.38. The molecular formula is C18H14BrN3. The molecule has 108 valence electrons. The number of aromatic nitrogens is 3. The highest BCUT2D eigenvalue weighted by molar-refractivity contribution is 9.10. The Morgan fingerprint density at radius 1 is 1.00 bits per heavy atom. The first-order valence-corrected chi connectivity index (χ1v) is 7.69. The molecule has 2 heterocycles. The summed E-state index contributed by atoms with van der Waals surface area (Å²) in [6.07, 6.45) is 0. The molecule has 3 nitrogen and oxygen atoms in total. The monoisotopic (exact) mass is 351 g/mol. The van der Waals surface area contributed by atoms with Gasteiger partial charge < -0.3 is 0 Å². The zero-order valence-corrected chi connectivity index (χ0v) is 13.9. The van der Waals surface area contributed by atoms with Gasteiger partial charge in [0, 0.05) is 22.5 Å². The van der Waals surface area contributed by atoms with Gasteiger partial charge in [-0.3, -0.25) is 5.10 Å². The first kappa shape index (κ1) is 14.6. The number of hydrogen-bond acceptors (Lipinski definition) is 2. The molecule has 1 aromatic carbocycles. The van der Waals surface area contributed by atoms with Gasteiger partial charge in [-0.1, -0.05) is 24.1 Å². The summed E-state index contributed by atoms with van der Waals surface area (Å²) in [5, 5.41) is 7.27. The largest absolute Gasteiger partial charge is 0.281 e. The molecule has 2 aromatic heterocycles. The predicted molar refractivity (Wildman–Crippen MR) is 91.4 cm³/mol. The van der Waals surface area contributed by atoms with Gasteiger partial charge in [0.25, 0.3) is 0 Å². The smallest absolute Gasteiger partial charge is 0.113 e. The Kier molecular flexibility index (Phi) is 4.08. The van der Waals surface area contributed by atoms with Crippen molar-refractivity contribution in [2.24, 2.45) is 0 Å². The van der Waals surface area contributed by atoms with E-state index in [2.05, 4.69) is 43.0 Å². The molecule has 0 atom stereocenters. The number of hydrogen-bond donors (Lipinski definition) is 1. The number of benzene rings is 1. The van der Waals surface area contributed by atoms with Gasteiger partial charge in [-0.2, -0.15) is 5.10 Å². The summed E-state index contributed by atoms with van der Waals surface area (Å²) < 4.78 is 0.996. The number of nitrogens with one attached hydrogen (secondary N) is 1. The molecular weight excluding hydrogens is 338 g/mol. The van der Waals surface area contributed by atoms with Crippen LogP contribution in [-0.4, -0.2) is 15.2 Å². The molecule has 3 rings (SSSR count). The topological polar surface area (TPSA) is 41.6 Å². The fourth-order valence-electron chi connectivity index (χ4n) is 2.07. The predicted octanol–water partition coefficient (Wildman–Crippen LogP) is 4.25. The number of aromatic amines is 1. The van der Waals surface area contributed by atoms with Gasteiger partial charge >= 0.3 is 0 Å². The van der Waals surface area contributed by atoms with Crippen molar-refractivity contribution in [1.82, 2.24) is 15.2 Å². The van der Waals surface area contributed by atoms with Gasteiger partial charge in [0.2, 0.25) is 0 Å². The molecule has 22 heavy (non-hydrogen) atoms. The summed E-state index contributed by atoms with van der Waals surface area (Å²) >= 11 is 3.54.